The van der Waals surface area contributed by atoms with Crippen molar-refractivity contribution in [2.24, 2.45) is 5.73 Å². The highest BCUT2D eigenvalue weighted by Gasteiger charge is 2.83. The third kappa shape index (κ3) is 12.3. The third-order valence-corrected chi connectivity index (χ3v) is 8.49. The highest BCUT2D eigenvalue weighted by Crippen LogP contribution is 2.55. The molecule has 0 aromatic carbocycles. The fourth-order valence-electron chi connectivity index (χ4n) is 6.91. The van der Waals surface area contributed by atoms with Gasteiger partial charge in [-0.15, -0.1) is 0 Å². The van der Waals surface area contributed by atoms with Crippen molar-refractivity contribution in [3.05, 3.63) is 0 Å². The molecule has 0 aliphatic heterocycles. The van der Waals surface area contributed by atoms with Gasteiger partial charge in [0.1, 0.15) is 0 Å². The Morgan fingerprint density at radius 2 is 0.592 bits per heavy atom. The Hall–Kier alpha value is -0.440. The lowest BCUT2D eigenvalue weighted by Gasteiger charge is -2.62. The summed E-state index contributed by atoms with van der Waals surface area (Å²) in [5, 5.41) is 0. The van der Waals surface area contributed by atoms with Gasteiger partial charge in [0.15, 0.2) is 0 Å². The molecule has 11 nitrogen and oxygen atoms in total. The Kier molecular flexibility index (Phi) is 27.0. The summed E-state index contributed by atoms with van der Waals surface area (Å²) in [6.45, 7) is 22.7. The Morgan fingerprint density at radius 1 is 0.306 bits per heavy atom. The summed E-state index contributed by atoms with van der Waals surface area (Å²) < 4.78 is 66.7. The Bertz CT molecular complexity index is 741. The van der Waals surface area contributed by atoms with Crippen molar-refractivity contribution in [1.82, 2.24) is 0 Å². The second-order valence-corrected chi connectivity index (χ2v) is 11.9. The maximum atomic E-state index is 7.16. The van der Waals surface area contributed by atoms with Gasteiger partial charge in [-0.2, -0.15) is 0 Å². The first-order valence-electron chi connectivity index (χ1n) is 19.8. The zero-order valence-corrected chi connectivity index (χ0v) is 33.7. The molecule has 0 unspecified atom stereocenters. The highest BCUT2D eigenvalue weighted by atomic mass is 16.9. The summed E-state index contributed by atoms with van der Waals surface area (Å²) in [5.41, 5.74) is 7.16. The van der Waals surface area contributed by atoms with Gasteiger partial charge >= 0.3 is 5.79 Å². The molecular weight excluding hydrogens is 630 g/mol. The van der Waals surface area contributed by atoms with Gasteiger partial charge in [0, 0.05) is 72.5 Å². The van der Waals surface area contributed by atoms with Crippen molar-refractivity contribution in [2.75, 3.05) is 66.1 Å². The van der Waals surface area contributed by atoms with Gasteiger partial charge in [0.05, 0.1) is 0 Å². The predicted octanol–water partition coefficient (Wildman–Crippen LogP) is 8.45. The number of hydrogen-bond acceptors (Lipinski definition) is 11. The van der Waals surface area contributed by atoms with Gasteiger partial charge in [-0.05, 0) is 75.7 Å². The van der Waals surface area contributed by atoms with Crippen molar-refractivity contribution in [3.63, 3.8) is 0 Å². The van der Waals surface area contributed by atoms with E-state index in [1.54, 1.807) is 0 Å². The van der Waals surface area contributed by atoms with Crippen molar-refractivity contribution in [2.45, 2.75) is 182 Å². The minimum absolute atomic E-state index is 0.129. The van der Waals surface area contributed by atoms with Crippen molar-refractivity contribution < 1.29 is 47.4 Å². The van der Waals surface area contributed by atoms with Crippen LogP contribution in [0.15, 0.2) is 0 Å². The van der Waals surface area contributed by atoms with Gasteiger partial charge in [0.2, 0.25) is 5.79 Å². The maximum Gasteiger partial charge on any atom is 0.301 e. The number of hydrogen-bond donors (Lipinski definition) is 1. The molecule has 0 radical (unpaired) electrons. The summed E-state index contributed by atoms with van der Waals surface area (Å²) in [7, 11) is 0. The summed E-state index contributed by atoms with van der Waals surface area (Å²) in [6, 6.07) is 0. The van der Waals surface area contributed by atoms with Crippen LogP contribution in [0.25, 0.3) is 0 Å². The van der Waals surface area contributed by atoms with Crippen LogP contribution in [0.4, 0.5) is 0 Å². The van der Waals surface area contributed by atoms with Gasteiger partial charge in [-0.25, -0.2) is 0 Å². The van der Waals surface area contributed by atoms with E-state index < -0.39 is 29.1 Å². The number of nitrogens with two attached hydrogens (primary N) is 1. The van der Waals surface area contributed by atoms with E-state index in [2.05, 4.69) is 6.92 Å². The van der Waals surface area contributed by atoms with Crippen molar-refractivity contribution in [3.8, 4) is 0 Å². The molecule has 0 spiro atoms. The van der Waals surface area contributed by atoms with Gasteiger partial charge in [-0.1, -0.05) is 71.1 Å². The van der Waals surface area contributed by atoms with E-state index >= 15 is 0 Å². The van der Waals surface area contributed by atoms with E-state index in [0.717, 1.165) is 19.3 Å². The van der Waals surface area contributed by atoms with E-state index in [0.29, 0.717) is 6.42 Å². The largest absolute Gasteiger partial charge is 0.345 e. The number of rotatable bonds is 36. The zero-order chi connectivity index (χ0) is 37.1. The summed E-state index contributed by atoms with van der Waals surface area (Å²) in [5.74, 6) is -9.84. The fourth-order valence-corrected chi connectivity index (χ4v) is 6.91. The predicted molar refractivity (Wildman–Crippen MR) is 195 cm³/mol. The minimum atomic E-state index is -2.12. The van der Waals surface area contributed by atoms with Crippen LogP contribution in [0.1, 0.15) is 153 Å². The van der Waals surface area contributed by atoms with Crippen LogP contribution < -0.4 is 5.73 Å². The van der Waals surface area contributed by atoms with Crippen LogP contribution in [0.3, 0.4) is 0 Å². The molecule has 0 amide bonds. The van der Waals surface area contributed by atoms with Crippen LogP contribution in [0, 0.1) is 0 Å². The Labute approximate surface area is 301 Å². The molecule has 0 heterocycles. The molecule has 0 saturated carbocycles. The van der Waals surface area contributed by atoms with Crippen LogP contribution in [0.5, 0.6) is 0 Å². The lowest BCUT2D eigenvalue weighted by atomic mass is 9.82. The third-order valence-electron chi connectivity index (χ3n) is 8.49. The minimum Gasteiger partial charge on any atom is -0.345 e. The normalized spacial score (nSPS) is 13.5. The molecule has 49 heavy (non-hydrogen) atoms. The van der Waals surface area contributed by atoms with Crippen LogP contribution in [-0.4, -0.2) is 95.1 Å². The molecule has 2 N–H and O–H groups in total. The smallest absolute Gasteiger partial charge is 0.301 e. The maximum absolute atomic E-state index is 7.16. The van der Waals surface area contributed by atoms with Crippen molar-refractivity contribution >= 4 is 0 Å². The van der Waals surface area contributed by atoms with E-state index in [9.17, 15) is 0 Å². The first-order valence-corrected chi connectivity index (χ1v) is 19.8. The second-order valence-electron chi connectivity index (χ2n) is 11.9. The summed E-state index contributed by atoms with van der Waals surface area (Å²) in [4.78, 5) is 0. The molecule has 0 fully saturated rings. The van der Waals surface area contributed by atoms with Crippen molar-refractivity contribution in [1.29, 1.82) is 0 Å². The first-order chi connectivity index (χ1) is 23.7. The molecule has 0 rings (SSSR count). The Balaban J connectivity index is 7.49. The van der Waals surface area contributed by atoms with E-state index in [-0.39, 0.29) is 66.1 Å². The first kappa shape index (κ1) is 48.6. The van der Waals surface area contributed by atoms with Gasteiger partial charge < -0.3 is 47.4 Å². The average molecular weight is 710 g/mol. The zero-order valence-electron chi connectivity index (χ0n) is 33.7. The number of ether oxygens (including phenoxy) is 10. The monoisotopic (exact) mass is 710 g/mol. The Morgan fingerprint density at radius 3 is 0.918 bits per heavy atom. The quantitative estimate of drug-likeness (QED) is 0.0499. The SMILES string of the molecule is CCCCCCCCCCCCCC(OCC)(OCC)C(OCC)(OCC)C(OCC)(OCC)C(OCC)(OCC)C(N)(OCC)OCC. The molecule has 11 heteroatoms. The summed E-state index contributed by atoms with van der Waals surface area (Å²) >= 11 is 0. The van der Waals surface area contributed by atoms with Gasteiger partial charge in [-0.3, -0.25) is 5.73 Å². The molecule has 0 saturated heterocycles. The molecule has 296 valence electrons. The van der Waals surface area contributed by atoms with E-state index in [4.69, 9.17) is 53.1 Å². The molecule has 0 aliphatic rings. The second kappa shape index (κ2) is 27.2. The molecule has 0 aromatic heterocycles. The fraction of sp³-hybridized carbons (Fsp3) is 1.00. The lowest BCUT2D eigenvalue weighted by Crippen LogP contribution is -2.87. The lowest BCUT2D eigenvalue weighted by molar-refractivity contribution is -0.575. The van der Waals surface area contributed by atoms with E-state index in [1.807, 2.05) is 69.2 Å². The molecule has 0 atom stereocenters. The van der Waals surface area contributed by atoms with Gasteiger partial charge in [0.25, 0.3) is 17.5 Å². The summed E-state index contributed by atoms with van der Waals surface area (Å²) in [6.07, 6.45) is 13.6. The molecule has 0 aromatic rings. The standard InChI is InChI=1S/C38H79NO10/c1-12-23-24-25-26-27-28-29-30-31-32-33-34(40-13-2,41-14-3)35(42-15-4,43-16-5)36(44-17-6,45-18-7)37(46-19-8,47-20-9)38(39,48-21-10)49-22-11/h12-33,39H2,1-11H3. The molecule has 0 aliphatic carbocycles. The topological polar surface area (TPSA) is 118 Å². The van der Waals surface area contributed by atoms with Crippen LogP contribution in [0.2, 0.25) is 0 Å². The molecule has 0 bridgehead atoms. The van der Waals surface area contributed by atoms with Crippen LogP contribution in [-0.2, 0) is 47.4 Å². The molecular formula is C38H79NO10. The van der Waals surface area contributed by atoms with Crippen LogP contribution >= 0.6 is 0 Å². The van der Waals surface area contributed by atoms with E-state index in [1.165, 1.54) is 51.4 Å². The number of unbranched alkanes of at least 4 members (excludes halogenated alkanes) is 10. The highest BCUT2D eigenvalue weighted by molar-refractivity contribution is 5.13. The average Bonchev–Trinajstić information content (AvgIpc) is 3.07.